The molecule has 5 nitrogen and oxygen atoms in total. The van der Waals surface area contributed by atoms with Crippen LogP contribution in [0.25, 0.3) is 0 Å². The van der Waals surface area contributed by atoms with Crippen LogP contribution in [0, 0.1) is 5.41 Å². The highest BCUT2D eigenvalue weighted by molar-refractivity contribution is 5.92. The minimum atomic E-state index is 0.118. The first kappa shape index (κ1) is 13.6. The van der Waals surface area contributed by atoms with Crippen molar-refractivity contribution in [2.24, 2.45) is 5.41 Å². The van der Waals surface area contributed by atoms with Gasteiger partial charge in [-0.05, 0) is 38.7 Å². The lowest BCUT2D eigenvalue weighted by Gasteiger charge is -2.53. The Balaban J connectivity index is 1.65. The van der Waals surface area contributed by atoms with Crippen LogP contribution in [0.2, 0.25) is 0 Å². The molecule has 110 valence electrons. The fraction of sp³-hybridized carbons (Fsp3) is 0.733. The van der Waals surface area contributed by atoms with E-state index in [9.17, 15) is 4.79 Å². The Kier molecular flexibility index (Phi) is 3.54. The first-order valence-corrected chi connectivity index (χ1v) is 7.54. The van der Waals surface area contributed by atoms with E-state index in [-0.39, 0.29) is 5.91 Å². The van der Waals surface area contributed by atoms with Crippen LogP contribution in [0.15, 0.2) is 12.3 Å². The predicted octanol–water partition coefficient (Wildman–Crippen LogP) is 1.93. The van der Waals surface area contributed by atoms with Crippen LogP contribution in [-0.4, -0.2) is 46.9 Å². The van der Waals surface area contributed by atoms with Crippen LogP contribution in [0.4, 0.5) is 0 Å². The van der Waals surface area contributed by atoms with E-state index >= 15 is 0 Å². The summed E-state index contributed by atoms with van der Waals surface area (Å²) in [5.41, 5.74) is 1.05. The van der Waals surface area contributed by atoms with Crippen LogP contribution in [-0.2, 0) is 11.3 Å². The molecule has 5 heteroatoms. The van der Waals surface area contributed by atoms with Crippen LogP contribution in [0.1, 0.15) is 43.1 Å². The van der Waals surface area contributed by atoms with Gasteiger partial charge in [-0.2, -0.15) is 5.10 Å². The summed E-state index contributed by atoms with van der Waals surface area (Å²) in [6, 6.07) is 1.82. The normalized spacial score (nSPS) is 24.7. The molecule has 1 aliphatic heterocycles. The van der Waals surface area contributed by atoms with Crippen LogP contribution in [0.5, 0.6) is 0 Å². The van der Waals surface area contributed by atoms with E-state index in [2.05, 4.69) is 5.10 Å². The second-order valence-electron chi connectivity index (χ2n) is 5.95. The van der Waals surface area contributed by atoms with Gasteiger partial charge >= 0.3 is 0 Å². The van der Waals surface area contributed by atoms with Gasteiger partial charge in [-0.3, -0.25) is 9.48 Å². The van der Waals surface area contributed by atoms with Crippen molar-refractivity contribution in [1.82, 2.24) is 14.7 Å². The van der Waals surface area contributed by atoms with Crippen molar-refractivity contribution in [3.63, 3.8) is 0 Å². The van der Waals surface area contributed by atoms with Gasteiger partial charge in [0.2, 0.25) is 0 Å². The Morgan fingerprint density at radius 3 is 2.75 bits per heavy atom. The number of methoxy groups -OCH3 is 1. The Morgan fingerprint density at radius 2 is 2.20 bits per heavy atom. The molecule has 20 heavy (non-hydrogen) atoms. The van der Waals surface area contributed by atoms with Crippen LogP contribution in [0.3, 0.4) is 0 Å². The molecule has 0 radical (unpaired) electrons. The zero-order valence-electron chi connectivity index (χ0n) is 12.3. The Hall–Kier alpha value is -1.36. The van der Waals surface area contributed by atoms with Gasteiger partial charge in [0.1, 0.15) is 5.69 Å². The number of ether oxygens (including phenoxy) is 1. The van der Waals surface area contributed by atoms with Gasteiger partial charge in [-0.1, -0.05) is 0 Å². The molecule has 1 spiro atoms. The maximum absolute atomic E-state index is 12.5. The number of carbonyl (C=O) groups excluding carboxylic acids is 1. The molecular formula is C15H23N3O2. The van der Waals surface area contributed by atoms with E-state index in [1.807, 2.05) is 25.0 Å². The molecule has 3 rings (SSSR count). The van der Waals surface area contributed by atoms with Gasteiger partial charge in [0.15, 0.2) is 0 Å². The largest absolute Gasteiger partial charge is 0.381 e. The molecule has 0 aromatic carbocycles. The number of rotatable bonds is 3. The summed E-state index contributed by atoms with van der Waals surface area (Å²) in [4.78, 5) is 14.5. The molecule has 1 unspecified atom stereocenters. The van der Waals surface area contributed by atoms with Crippen LogP contribution < -0.4 is 0 Å². The van der Waals surface area contributed by atoms with Gasteiger partial charge < -0.3 is 9.64 Å². The number of likely N-dealkylation sites (tertiary alicyclic amines) is 1. The number of carbonyl (C=O) groups is 1. The molecule has 1 saturated heterocycles. The molecule has 1 aromatic rings. The third-order valence-electron chi connectivity index (χ3n) is 5.15. The lowest BCUT2D eigenvalue weighted by atomic mass is 9.61. The van der Waals surface area contributed by atoms with Gasteiger partial charge in [0, 0.05) is 38.4 Å². The van der Waals surface area contributed by atoms with E-state index in [0.717, 1.165) is 32.5 Å². The van der Waals surface area contributed by atoms with E-state index in [1.54, 1.807) is 10.9 Å². The quantitative estimate of drug-likeness (QED) is 0.848. The molecule has 2 fully saturated rings. The summed E-state index contributed by atoms with van der Waals surface area (Å²) in [6.07, 6.45) is 6.67. The predicted molar refractivity (Wildman–Crippen MR) is 75.5 cm³/mol. The molecule has 2 heterocycles. The summed E-state index contributed by atoms with van der Waals surface area (Å²) in [5.74, 6) is 0.118. The van der Waals surface area contributed by atoms with E-state index < -0.39 is 0 Å². The average Bonchev–Trinajstić information content (AvgIpc) is 2.94. The first-order chi connectivity index (χ1) is 9.70. The lowest BCUT2D eigenvalue weighted by Crippen LogP contribution is -2.54. The minimum absolute atomic E-state index is 0.118. The Morgan fingerprint density at radius 1 is 1.45 bits per heavy atom. The van der Waals surface area contributed by atoms with Crippen molar-refractivity contribution in [2.75, 3.05) is 20.2 Å². The number of hydrogen-bond acceptors (Lipinski definition) is 3. The summed E-state index contributed by atoms with van der Waals surface area (Å²) in [6.45, 7) is 4.42. The zero-order valence-corrected chi connectivity index (χ0v) is 12.3. The number of hydrogen-bond donors (Lipinski definition) is 0. The fourth-order valence-electron chi connectivity index (χ4n) is 3.69. The minimum Gasteiger partial charge on any atom is -0.381 e. The first-order valence-electron chi connectivity index (χ1n) is 7.54. The molecule has 1 aliphatic carbocycles. The summed E-state index contributed by atoms with van der Waals surface area (Å²) >= 11 is 0. The summed E-state index contributed by atoms with van der Waals surface area (Å²) < 4.78 is 7.34. The molecule has 0 N–H and O–H groups in total. The molecule has 2 aliphatic rings. The van der Waals surface area contributed by atoms with Crippen molar-refractivity contribution in [3.05, 3.63) is 18.0 Å². The molecular weight excluding hydrogens is 254 g/mol. The summed E-state index contributed by atoms with van der Waals surface area (Å²) in [7, 11) is 1.81. The molecule has 1 amide bonds. The lowest BCUT2D eigenvalue weighted by molar-refractivity contribution is -0.116. The highest BCUT2D eigenvalue weighted by Gasteiger charge is 2.49. The molecule has 1 aromatic heterocycles. The number of nitrogens with zero attached hydrogens (tertiary/aromatic N) is 3. The molecule has 1 atom stereocenters. The topological polar surface area (TPSA) is 47.4 Å². The third kappa shape index (κ3) is 2.04. The Bertz CT molecular complexity index is 487. The van der Waals surface area contributed by atoms with Crippen molar-refractivity contribution in [1.29, 1.82) is 0 Å². The highest BCUT2D eigenvalue weighted by atomic mass is 16.5. The Labute approximate surface area is 119 Å². The number of aryl methyl sites for hydroxylation is 1. The van der Waals surface area contributed by atoms with Gasteiger partial charge in [0.05, 0.1) is 6.10 Å². The van der Waals surface area contributed by atoms with Crippen LogP contribution >= 0.6 is 0 Å². The molecule has 1 saturated carbocycles. The summed E-state index contributed by atoms with van der Waals surface area (Å²) in [5, 5.41) is 4.18. The van der Waals surface area contributed by atoms with Crippen molar-refractivity contribution >= 4 is 5.91 Å². The second kappa shape index (κ2) is 5.20. The van der Waals surface area contributed by atoms with Crippen molar-refractivity contribution < 1.29 is 9.53 Å². The monoisotopic (exact) mass is 277 g/mol. The van der Waals surface area contributed by atoms with E-state index in [4.69, 9.17) is 4.74 Å². The molecule has 0 bridgehead atoms. The van der Waals surface area contributed by atoms with Gasteiger partial charge in [-0.25, -0.2) is 0 Å². The number of piperidine rings is 1. The average molecular weight is 277 g/mol. The SMILES string of the molecule is CCn1nccc1C(=O)N1CCC2(CCC2OC)CC1. The van der Waals surface area contributed by atoms with E-state index in [0.29, 0.717) is 17.2 Å². The zero-order chi connectivity index (χ0) is 14.2. The fourth-order valence-corrected chi connectivity index (χ4v) is 3.69. The smallest absolute Gasteiger partial charge is 0.272 e. The number of amides is 1. The third-order valence-corrected chi connectivity index (χ3v) is 5.15. The maximum atomic E-state index is 12.5. The van der Waals surface area contributed by atoms with Gasteiger partial charge in [-0.15, -0.1) is 0 Å². The standard InChI is InChI=1S/C15H23N3O2/c1-3-18-12(5-9-16-18)14(19)17-10-7-15(8-11-17)6-4-13(15)20-2/h5,9,13H,3-4,6-8,10-11H2,1-2H3. The van der Waals surface area contributed by atoms with Crippen molar-refractivity contribution in [3.8, 4) is 0 Å². The second-order valence-corrected chi connectivity index (χ2v) is 5.95. The number of aromatic nitrogens is 2. The maximum Gasteiger partial charge on any atom is 0.272 e. The highest BCUT2D eigenvalue weighted by Crippen LogP contribution is 2.50. The van der Waals surface area contributed by atoms with E-state index in [1.165, 1.54) is 12.8 Å². The van der Waals surface area contributed by atoms with Crippen molar-refractivity contribution in [2.45, 2.75) is 45.3 Å². The van der Waals surface area contributed by atoms with Gasteiger partial charge in [0.25, 0.3) is 5.91 Å².